The van der Waals surface area contributed by atoms with E-state index in [1.54, 1.807) is 18.2 Å². The largest absolute Gasteiger partial charge is 0.478 e. The quantitative estimate of drug-likeness (QED) is 0.258. The highest BCUT2D eigenvalue weighted by Gasteiger charge is 2.57. The molecule has 2 saturated carbocycles. The number of ether oxygens (including phenoxy) is 2. The van der Waals surface area contributed by atoms with Gasteiger partial charge in [0.1, 0.15) is 18.2 Å². The summed E-state index contributed by atoms with van der Waals surface area (Å²) in [5, 5.41) is 9.56. The molecular weight excluding hydrogens is 521 g/mol. The number of nitrogens with zero attached hydrogens (tertiary/aromatic N) is 3. The van der Waals surface area contributed by atoms with Crippen molar-refractivity contribution in [3.63, 3.8) is 0 Å². The van der Waals surface area contributed by atoms with Crippen molar-refractivity contribution in [1.82, 2.24) is 14.5 Å². The second kappa shape index (κ2) is 10.2. The summed E-state index contributed by atoms with van der Waals surface area (Å²) in [4.78, 5) is 21.5. The Hall–Kier alpha value is -3.78. The lowest BCUT2D eigenvalue weighted by molar-refractivity contribution is -0.0590. The molecule has 7 nitrogen and oxygen atoms in total. The maximum Gasteiger partial charge on any atom is 0.335 e. The molecule has 0 bridgehead atoms. The number of carboxylic acids is 1. The van der Waals surface area contributed by atoms with Crippen LogP contribution in [0, 0.1) is 18.2 Å². The molecule has 3 aliphatic rings. The third-order valence-electron chi connectivity index (χ3n) is 9.43. The van der Waals surface area contributed by atoms with Crippen LogP contribution in [0.25, 0.3) is 11.0 Å². The zero-order valence-electron chi connectivity index (χ0n) is 23.2. The first-order valence-corrected chi connectivity index (χ1v) is 14.6. The average molecular weight is 556 g/mol. The van der Waals surface area contributed by atoms with Gasteiger partial charge in [0.15, 0.2) is 0 Å². The Morgan fingerprint density at radius 1 is 1.12 bits per heavy atom. The molecule has 2 unspecified atom stereocenters. The Morgan fingerprint density at radius 2 is 1.95 bits per heavy atom. The van der Waals surface area contributed by atoms with Gasteiger partial charge in [0.25, 0.3) is 0 Å². The first-order valence-electron chi connectivity index (χ1n) is 14.6. The number of aromatic carboxylic acids is 1. The van der Waals surface area contributed by atoms with Crippen molar-refractivity contribution in [1.29, 1.82) is 0 Å². The third kappa shape index (κ3) is 4.99. The van der Waals surface area contributed by atoms with Gasteiger partial charge in [0.2, 0.25) is 5.88 Å². The molecule has 1 aliphatic heterocycles. The fourth-order valence-corrected chi connectivity index (χ4v) is 6.78. The number of carboxylic acid groups (broad SMARTS) is 1. The lowest BCUT2D eigenvalue weighted by atomic mass is 9.77. The molecule has 1 saturated heterocycles. The zero-order chi connectivity index (χ0) is 28.1. The number of aromatic nitrogens is 3. The Bertz CT molecular complexity index is 1620. The zero-order valence-corrected chi connectivity index (χ0v) is 23.2. The number of carbonyl (C=O) groups is 1. The number of imidazole rings is 1. The first kappa shape index (κ1) is 26.1. The lowest BCUT2D eigenvalue weighted by Gasteiger charge is -2.30. The van der Waals surface area contributed by atoms with Crippen LogP contribution in [-0.4, -0.2) is 38.3 Å². The topological polar surface area (TPSA) is 86.5 Å². The van der Waals surface area contributed by atoms with Crippen molar-refractivity contribution in [3.8, 4) is 5.88 Å². The highest BCUT2D eigenvalue weighted by Crippen LogP contribution is 2.67. The number of rotatable bonds is 8. The summed E-state index contributed by atoms with van der Waals surface area (Å²) in [7, 11) is 0. The number of pyridine rings is 1. The van der Waals surface area contributed by atoms with Gasteiger partial charge in [-0.15, -0.1) is 0 Å². The minimum atomic E-state index is -0.923. The molecule has 212 valence electrons. The SMILES string of the molecule is Cc1ccc(COc2cccc(C3CCC4(CC3)CC4c3nc4ccc(C(=O)O)cc4n3CC3CCO3)n2)c(F)c1. The molecule has 1 N–H and O–H groups in total. The smallest absolute Gasteiger partial charge is 0.335 e. The summed E-state index contributed by atoms with van der Waals surface area (Å²) in [6.45, 7) is 3.52. The molecule has 2 aromatic heterocycles. The minimum Gasteiger partial charge on any atom is -0.478 e. The molecule has 7 rings (SSSR count). The number of fused-ring (bicyclic) bond motifs is 1. The lowest BCUT2D eigenvalue weighted by Crippen LogP contribution is -2.32. The molecule has 2 aliphatic carbocycles. The Balaban J connectivity index is 1.05. The fourth-order valence-electron chi connectivity index (χ4n) is 6.78. The van der Waals surface area contributed by atoms with Gasteiger partial charge in [-0.2, -0.15) is 0 Å². The van der Waals surface area contributed by atoms with E-state index in [9.17, 15) is 14.3 Å². The van der Waals surface area contributed by atoms with Crippen LogP contribution in [0.5, 0.6) is 5.88 Å². The number of hydrogen-bond donors (Lipinski definition) is 1. The summed E-state index contributed by atoms with van der Waals surface area (Å²) in [6, 6.07) is 16.3. The summed E-state index contributed by atoms with van der Waals surface area (Å²) < 4.78 is 28.1. The van der Waals surface area contributed by atoms with E-state index in [2.05, 4.69) is 10.6 Å². The van der Waals surface area contributed by atoms with Crippen molar-refractivity contribution in [3.05, 3.63) is 88.6 Å². The van der Waals surface area contributed by atoms with Crippen molar-refractivity contribution in [2.45, 2.75) is 76.5 Å². The second-order valence-corrected chi connectivity index (χ2v) is 12.0. The van der Waals surface area contributed by atoms with Crippen LogP contribution in [0.4, 0.5) is 4.39 Å². The van der Waals surface area contributed by atoms with Gasteiger partial charge in [-0.1, -0.05) is 18.2 Å². The van der Waals surface area contributed by atoms with Crippen LogP contribution in [-0.2, 0) is 17.9 Å². The van der Waals surface area contributed by atoms with Gasteiger partial charge in [-0.3, -0.25) is 0 Å². The molecule has 2 aromatic carbocycles. The van der Waals surface area contributed by atoms with E-state index in [0.717, 1.165) is 73.2 Å². The maximum absolute atomic E-state index is 14.2. The normalized spacial score (nSPS) is 25.3. The van der Waals surface area contributed by atoms with Gasteiger partial charge in [-0.25, -0.2) is 19.2 Å². The van der Waals surface area contributed by atoms with Crippen LogP contribution >= 0.6 is 0 Å². The van der Waals surface area contributed by atoms with Crippen LogP contribution in [0.3, 0.4) is 0 Å². The first-order chi connectivity index (χ1) is 19.9. The van der Waals surface area contributed by atoms with E-state index in [1.807, 2.05) is 31.2 Å². The van der Waals surface area contributed by atoms with Crippen LogP contribution in [0.1, 0.15) is 83.4 Å². The van der Waals surface area contributed by atoms with E-state index in [4.69, 9.17) is 19.4 Å². The molecule has 3 heterocycles. The van der Waals surface area contributed by atoms with Crippen LogP contribution < -0.4 is 4.74 Å². The van der Waals surface area contributed by atoms with Crippen molar-refractivity contribution >= 4 is 17.0 Å². The Kier molecular flexibility index (Phi) is 6.53. The fraction of sp³-hybridized carbons (Fsp3) is 0.424. The number of benzene rings is 2. The second-order valence-electron chi connectivity index (χ2n) is 12.0. The summed E-state index contributed by atoms with van der Waals surface area (Å²) in [6.07, 6.45) is 6.60. The van der Waals surface area contributed by atoms with Crippen LogP contribution in [0.2, 0.25) is 0 Å². The van der Waals surface area contributed by atoms with Gasteiger partial charge in [-0.05, 0) is 86.8 Å². The predicted molar refractivity (Wildman–Crippen MR) is 152 cm³/mol. The number of hydrogen-bond acceptors (Lipinski definition) is 5. The summed E-state index contributed by atoms with van der Waals surface area (Å²) in [5.41, 5.74) is 4.71. The minimum absolute atomic E-state index is 0.152. The average Bonchev–Trinajstić information content (AvgIpc) is 3.51. The molecule has 0 amide bonds. The van der Waals surface area contributed by atoms with E-state index in [1.165, 1.54) is 6.07 Å². The molecule has 8 heteroatoms. The highest BCUT2D eigenvalue weighted by atomic mass is 19.1. The monoisotopic (exact) mass is 555 g/mol. The molecule has 2 atom stereocenters. The van der Waals surface area contributed by atoms with Crippen molar-refractivity contribution < 1.29 is 23.8 Å². The third-order valence-corrected chi connectivity index (χ3v) is 9.43. The molecule has 1 spiro atoms. The molecule has 3 fully saturated rings. The van der Waals surface area contributed by atoms with Gasteiger partial charge < -0.3 is 19.1 Å². The number of halogens is 1. The van der Waals surface area contributed by atoms with Gasteiger partial charge >= 0.3 is 5.97 Å². The molecule has 4 aromatic rings. The van der Waals surface area contributed by atoms with Crippen LogP contribution in [0.15, 0.2) is 54.6 Å². The molecular formula is C33H34FN3O4. The molecule has 41 heavy (non-hydrogen) atoms. The highest BCUT2D eigenvalue weighted by molar-refractivity contribution is 5.92. The van der Waals surface area contributed by atoms with Crippen molar-refractivity contribution in [2.24, 2.45) is 5.41 Å². The summed E-state index contributed by atoms with van der Waals surface area (Å²) in [5.74, 6) is 1.16. The maximum atomic E-state index is 14.2. The van der Waals surface area contributed by atoms with E-state index in [-0.39, 0.29) is 29.5 Å². The predicted octanol–water partition coefficient (Wildman–Crippen LogP) is 6.78. The van der Waals surface area contributed by atoms with E-state index in [0.29, 0.717) is 29.8 Å². The Labute approximate surface area is 238 Å². The summed E-state index contributed by atoms with van der Waals surface area (Å²) >= 11 is 0. The molecule has 0 radical (unpaired) electrons. The van der Waals surface area contributed by atoms with E-state index >= 15 is 0 Å². The van der Waals surface area contributed by atoms with Crippen molar-refractivity contribution in [2.75, 3.05) is 6.61 Å². The van der Waals surface area contributed by atoms with E-state index < -0.39 is 5.97 Å². The number of aryl methyl sites for hydroxylation is 1. The van der Waals surface area contributed by atoms with Gasteiger partial charge in [0, 0.05) is 35.8 Å². The Morgan fingerprint density at radius 3 is 2.68 bits per heavy atom. The van der Waals surface area contributed by atoms with Gasteiger partial charge in [0.05, 0.1) is 29.2 Å². The standard InChI is InChI=1S/C33H34FN3O4/c1-20-5-6-23(26(34)15-20)19-41-30-4-2-3-27(35-30)21-9-12-33(13-10-21)17-25(33)31-36-28-8-7-22(32(38)39)16-29(28)37(31)18-24-11-14-40-24/h2-8,15-16,21,24-25H,9-14,17-19H2,1H3,(H,38,39).